The van der Waals surface area contributed by atoms with E-state index in [0.29, 0.717) is 27.4 Å². The number of hydrogen-bond acceptors (Lipinski definition) is 8. The molecule has 0 saturated carbocycles. The van der Waals surface area contributed by atoms with Crippen molar-refractivity contribution in [2.75, 3.05) is 42.0 Å². The van der Waals surface area contributed by atoms with Crippen LogP contribution in [0, 0.1) is 0 Å². The van der Waals surface area contributed by atoms with Crippen molar-refractivity contribution in [2.24, 2.45) is 0 Å². The molecule has 0 aliphatic heterocycles. The second-order valence-corrected chi connectivity index (χ2v) is 13.1. The van der Waals surface area contributed by atoms with Gasteiger partial charge in [0.15, 0.2) is 0 Å². The second kappa shape index (κ2) is 17.1. The average Bonchev–Trinajstić information content (AvgIpc) is 3.55. The van der Waals surface area contributed by atoms with Crippen molar-refractivity contribution in [3.8, 4) is 11.1 Å². The fourth-order valence-electron chi connectivity index (χ4n) is 4.84. The van der Waals surface area contributed by atoms with E-state index in [9.17, 15) is 19.2 Å². The lowest BCUT2D eigenvalue weighted by Crippen LogP contribution is -2.30. The number of ether oxygens (including phenoxy) is 1. The molecule has 0 bridgehead atoms. The highest BCUT2D eigenvalue weighted by atomic mass is 32.2. The van der Waals surface area contributed by atoms with Crippen molar-refractivity contribution in [1.29, 1.82) is 0 Å². The van der Waals surface area contributed by atoms with Crippen LogP contribution >= 0.6 is 23.1 Å². The molecule has 0 spiro atoms. The van der Waals surface area contributed by atoms with Crippen LogP contribution in [0.4, 0.5) is 16.4 Å². The van der Waals surface area contributed by atoms with Gasteiger partial charge in [0.05, 0.1) is 12.4 Å². The Morgan fingerprint density at radius 3 is 2.22 bits per heavy atom. The number of hydrogen-bond donors (Lipinski definition) is 3. The summed E-state index contributed by atoms with van der Waals surface area (Å²) in [6.07, 6.45) is 1.62. The Morgan fingerprint density at radius 1 is 0.840 bits per heavy atom. The molecule has 4 aromatic carbocycles. The molecule has 0 saturated heterocycles. The molecule has 1 aromatic heterocycles. The lowest BCUT2D eigenvalue weighted by molar-refractivity contribution is -0.114. The van der Waals surface area contributed by atoms with Gasteiger partial charge in [-0.3, -0.25) is 14.4 Å². The second-order valence-electron chi connectivity index (χ2n) is 11.1. The third kappa shape index (κ3) is 9.49. The summed E-state index contributed by atoms with van der Waals surface area (Å²) in [5.41, 5.74) is 4.56. The average molecular weight is 705 g/mol. The molecule has 0 radical (unpaired) electrons. The maximum absolute atomic E-state index is 13.6. The summed E-state index contributed by atoms with van der Waals surface area (Å²) in [5.74, 6) is -1.67. The molecular weight excluding hydrogens is 669 g/mol. The number of nitrogens with one attached hydrogen (secondary N) is 3. The number of amides is 3. The van der Waals surface area contributed by atoms with Gasteiger partial charge in [-0.1, -0.05) is 66.7 Å². The molecule has 5 rings (SSSR count). The van der Waals surface area contributed by atoms with Crippen LogP contribution in [0.15, 0.2) is 125 Å². The lowest BCUT2D eigenvalue weighted by atomic mass is 10.0. The molecule has 1 heterocycles. The first-order chi connectivity index (χ1) is 24.2. The van der Waals surface area contributed by atoms with Crippen LogP contribution in [-0.2, 0) is 14.3 Å². The molecule has 0 atom stereocenters. The number of carbonyl (C=O) groups excluding carboxylic acids is 4. The first kappa shape index (κ1) is 35.7. The Labute approximate surface area is 299 Å². The summed E-state index contributed by atoms with van der Waals surface area (Å²) in [5, 5.41) is 10.8. The molecule has 5 aromatic rings. The zero-order valence-corrected chi connectivity index (χ0v) is 29.4. The summed E-state index contributed by atoms with van der Waals surface area (Å²) in [7, 11) is 3.88. The van der Waals surface area contributed by atoms with Crippen molar-refractivity contribution in [3.05, 3.63) is 137 Å². The molecule has 0 unspecified atom stereocenters. The van der Waals surface area contributed by atoms with Gasteiger partial charge in [0, 0.05) is 46.9 Å². The van der Waals surface area contributed by atoms with Crippen molar-refractivity contribution in [3.63, 3.8) is 0 Å². The molecule has 0 fully saturated rings. The highest BCUT2D eigenvalue weighted by molar-refractivity contribution is 8.00. The number of anilines is 3. The van der Waals surface area contributed by atoms with E-state index in [-0.39, 0.29) is 24.0 Å². The zero-order valence-electron chi connectivity index (χ0n) is 27.8. The predicted octanol–water partition coefficient (Wildman–Crippen LogP) is 7.80. The van der Waals surface area contributed by atoms with E-state index in [1.165, 1.54) is 23.1 Å². The first-order valence-electron chi connectivity index (χ1n) is 15.8. The number of nitrogens with zero attached hydrogens (tertiary/aromatic N) is 1. The number of carbonyl (C=O) groups is 4. The van der Waals surface area contributed by atoms with Gasteiger partial charge in [-0.25, -0.2) is 4.79 Å². The van der Waals surface area contributed by atoms with E-state index >= 15 is 0 Å². The standard InChI is InChI=1S/C39H36N4O5S2/c1-4-48-39(47)35-32(27-12-7-5-8-13-27)24-50-38(35)42-34(44)25-49-31-17-11-16-29(23-31)40-37(46)33(41-36(45)28-14-9-6-10-15-28)22-26-18-20-30(21-19-26)43(2)3/h5-24H,4,25H2,1-3H3,(H,40,46)(H,41,45)(H,42,44)/b33-22+. The summed E-state index contributed by atoms with van der Waals surface area (Å²) in [6, 6.07) is 32.8. The van der Waals surface area contributed by atoms with Gasteiger partial charge in [-0.15, -0.1) is 23.1 Å². The number of benzene rings is 4. The van der Waals surface area contributed by atoms with E-state index < -0.39 is 17.8 Å². The van der Waals surface area contributed by atoms with Gasteiger partial charge >= 0.3 is 5.97 Å². The molecule has 3 amide bonds. The van der Waals surface area contributed by atoms with Gasteiger partial charge in [0.1, 0.15) is 16.3 Å². The van der Waals surface area contributed by atoms with Gasteiger partial charge in [0.2, 0.25) is 5.91 Å². The summed E-state index contributed by atoms with van der Waals surface area (Å²) in [6.45, 7) is 1.94. The zero-order chi connectivity index (χ0) is 35.5. The number of thiophene rings is 1. The fraction of sp³-hybridized carbons (Fsp3) is 0.128. The van der Waals surface area contributed by atoms with Crippen molar-refractivity contribution in [1.82, 2.24) is 5.32 Å². The maximum atomic E-state index is 13.6. The highest BCUT2D eigenvalue weighted by Gasteiger charge is 2.23. The Kier molecular flexibility index (Phi) is 12.2. The van der Waals surface area contributed by atoms with E-state index in [1.807, 2.05) is 91.1 Å². The third-order valence-electron chi connectivity index (χ3n) is 7.32. The van der Waals surface area contributed by atoms with Crippen LogP contribution < -0.4 is 20.9 Å². The van der Waals surface area contributed by atoms with Gasteiger partial charge < -0.3 is 25.6 Å². The van der Waals surface area contributed by atoms with Crippen LogP contribution in [0.5, 0.6) is 0 Å². The molecule has 11 heteroatoms. The maximum Gasteiger partial charge on any atom is 0.341 e. The number of esters is 1. The Balaban J connectivity index is 1.28. The summed E-state index contributed by atoms with van der Waals surface area (Å²) >= 11 is 2.54. The van der Waals surface area contributed by atoms with Crippen molar-refractivity contribution < 1.29 is 23.9 Å². The summed E-state index contributed by atoms with van der Waals surface area (Å²) < 4.78 is 5.30. The minimum atomic E-state index is -0.510. The van der Waals surface area contributed by atoms with Crippen LogP contribution in [0.1, 0.15) is 33.2 Å². The monoisotopic (exact) mass is 704 g/mol. The van der Waals surface area contributed by atoms with Crippen molar-refractivity contribution >= 4 is 69.2 Å². The SMILES string of the molecule is CCOC(=O)c1c(-c2ccccc2)csc1NC(=O)CSc1cccc(NC(=O)/C(=C\c2ccc(N(C)C)cc2)NC(=O)c2ccccc2)c1. The molecule has 9 nitrogen and oxygen atoms in total. The lowest BCUT2D eigenvalue weighted by Gasteiger charge is -2.14. The van der Waals surface area contributed by atoms with Gasteiger partial charge in [-0.05, 0) is 66.6 Å². The highest BCUT2D eigenvalue weighted by Crippen LogP contribution is 2.36. The van der Waals surface area contributed by atoms with Gasteiger partial charge in [-0.2, -0.15) is 0 Å². The normalized spacial score (nSPS) is 11.0. The topological polar surface area (TPSA) is 117 Å². The van der Waals surface area contributed by atoms with Crippen molar-refractivity contribution in [2.45, 2.75) is 11.8 Å². The molecule has 50 heavy (non-hydrogen) atoms. The third-order valence-corrected chi connectivity index (χ3v) is 9.21. The van der Waals surface area contributed by atoms with E-state index in [1.54, 1.807) is 55.5 Å². The molecule has 0 aliphatic carbocycles. The molecular formula is C39H36N4O5S2. The smallest absolute Gasteiger partial charge is 0.341 e. The number of rotatable bonds is 13. The van der Waals surface area contributed by atoms with E-state index in [2.05, 4.69) is 16.0 Å². The van der Waals surface area contributed by atoms with E-state index in [4.69, 9.17) is 4.74 Å². The fourth-order valence-corrected chi connectivity index (χ4v) is 6.57. The van der Waals surface area contributed by atoms with Crippen LogP contribution in [0.3, 0.4) is 0 Å². The Morgan fingerprint density at radius 2 is 1.54 bits per heavy atom. The summed E-state index contributed by atoms with van der Waals surface area (Å²) in [4.78, 5) is 55.3. The van der Waals surface area contributed by atoms with Gasteiger partial charge in [0.25, 0.3) is 11.8 Å². The number of thioether (sulfide) groups is 1. The minimum absolute atomic E-state index is 0.0550. The van der Waals surface area contributed by atoms with Crippen LogP contribution in [-0.4, -0.2) is 50.1 Å². The Bertz CT molecular complexity index is 1990. The minimum Gasteiger partial charge on any atom is -0.462 e. The largest absolute Gasteiger partial charge is 0.462 e. The first-order valence-corrected chi connectivity index (χ1v) is 17.6. The quantitative estimate of drug-likeness (QED) is 0.0651. The molecule has 0 aliphatic rings. The van der Waals surface area contributed by atoms with Crippen LogP contribution in [0.2, 0.25) is 0 Å². The van der Waals surface area contributed by atoms with E-state index in [0.717, 1.165) is 21.7 Å². The molecule has 3 N–H and O–H groups in total. The predicted molar refractivity (Wildman–Crippen MR) is 203 cm³/mol. The molecule has 254 valence electrons. The van der Waals surface area contributed by atoms with Crippen LogP contribution in [0.25, 0.3) is 17.2 Å². The Hall–Kier alpha value is -5.65.